The molecule has 1 aromatic heterocycles. The summed E-state index contributed by atoms with van der Waals surface area (Å²) in [6.07, 6.45) is 3.67. The van der Waals surface area contributed by atoms with Crippen LogP contribution in [0.4, 0.5) is 11.8 Å². The Kier molecular flexibility index (Phi) is 12.9. The number of carbonyl (C=O) groups excluding carboxylic acids is 2. The van der Waals surface area contributed by atoms with Gasteiger partial charge in [0.1, 0.15) is 11.6 Å². The molecule has 3 aromatic rings. The van der Waals surface area contributed by atoms with E-state index in [0.29, 0.717) is 44.3 Å². The van der Waals surface area contributed by atoms with E-state index in [1.54, 1.807) is 12.6 Å². The molecule has 222 valence electrons. The smallest absolute Gasteiger partial charge is 0.243 e. The average molecular weight is 586 g/mol. The molecule has 2 heterocycles. The molecule has 1 aliphatic heterocycles. The summed E-state index contributed by atoms with van der Waals surface area (Å²) in [4.78, 5) is 35.0. The molecule has 1 aliphatic rings. The molecule has 11 nitrogen and oxygen atoms in total. The van der Waals surface area contributed by atoms with Crippen LogP contribution in [0.15, 0.2) is 48.5 Å². The lowest BCUT2D eigenvalue weighted by Gasteiger charge is -2.32. The highest BCUT2D eigenvalue weighted by Crippen LogP contribution is 2.28. The lowest BCUT2D eigenvalue weighted by Crippen LogP contribution is -2.38. The van der Waals surface area contributed by atoms with E-state index in [-0.39, 0.29) is 24.7 Å². The van der Waals surface area contributed by atoms with Crippen LogP contribution in [0.5, 0.6) is 5.75 Å². The van der Waals surface area contributed by atoms with Crippen LogP contribution in [-0.2, 0) is 16.1 Å². The Hall–Kier alpha value is -3.67. The molecule has 2 amide bonds. The second-order valence-corrected chi connectivity index (χ2v) is 9.98. The largest absolute Gasteiger partial charge is 0.497 e. The number of benzene rings is 2. The fourth-order valence-corrected chi connectivity index (χ4v) is 4.79. The molecule has 0 saturated carbocycles. The van der Waals surface area contributed by atoms with Crippen LogP contribution >= 0.6 is 12.4 Å². The third kappa shape index (κ3) is 10.0. The van der Waals surface area contributed by atoms with Crippen LogP contribution in [0.3, 0.4) is 0 Å². The molecule has 12 heteroatoms. The van der Waals surface area contributed by atoms with E-state index in [1.165, 1.54) is 5.56 Å². The zero-order chi connectivity index (χ0) is 28.2. The Balaban J connectivity index is 0.00000462. The van der Waals surface area contributed by atoms with Crippen LogP contribution in [-0.4, -0.2) is 71.2 Å². The molecule has 1 fully saturated rings. The molecule has 41 heavy (non-hydrogen) atoms. The number of amides is 2. The van der Waals surface area contributed by atoms with Gasteiger partial charge in [0.15, 0.2) is 0 Å². The van der Waals surface area contributed by atoms with Gasteiger partial charge in [-0.1, -0.05) is 30.3 Å². The van der Waals surface area contributed by atoms with Crippen molar-refractivity contribution in [3.63, 3.8) is 0 Å². The van der Waals surface area contributed by atoms with Gasteiger partial charge in [0.25, 0.3) is 0 Å². The van der Waals surface area contributed by atoms with Crippen molar-refractivity contribution in [2.45, 2.75) is 51.1 Å². The molecule has 2 aromatic carbocycles. The first kappa shape index (κ1) is 31.9. The van der Waals surface area contributed by atoms with Crippen molar-refractivity contribution in [2.24, 2.45) is 0 Å². The number of nitrogens with zero attached hydrogens (tertiary/aromatic N) is 3. The Morgan fingerprint density at radius 1 is 1.00 bits per heavy atom. The van der Waals surface area contributed by atoms with Crippen molar-refractivity contribution in [3.05, 3.63) is 54.1 Å². The van der Waals surface area contributed by atoms with Gasteiger partial charge in [-0.25, -0.2) is 10.5 Å². The monoisotopic (exact) mass is 585 g/mol. The second-order valence-electron chi connectivity index (χ2n) is 9.98. The van der Waals surface area contributed by atoms with Crippen molar-refractivity contribution in [1.29, 1.82) is 0 Å². The van der Waals surface area contributed by atoms with Gasteiger partial charge in [0.2, 0.25) is 17.8 Å². The maximum absolute atomic E-state index is 12.1. The zero-order valence-corrected chi connectivity index (χ0v) is 24.2. The van der Waals surface area contributed by atoms with E-state index in [0.717, 1.165) is 54.9 Å². The Bertz CT molecular complexity index is 1260. The van der Waals surface area contributed by atoms with Crippen LogP contribution in [0.1, 0.15) is 44.1 Å². The van der Waals surface area contributed by atoms with Gasteiger partial charge >= 0.3 is 0 Å². The molecule has 0 atom stereocenters. The van der Waals surface area contributed by atoms with Gasteiger partial charge in [0, 0.05) is 63.1 Å². The maximum atomic E-state index is 12.1. The summed E-state index contributed by atoms with van der Waals surface area (Å²) in [6, 6.07) is 16.7. The number of unbranched alkanes of at least 4 members (excludes halogenated alkanes) is 1. The predicted octanol–water partition coefficient (Wildman–Crippen LogP) is 3.73. The van der Waals surface area contributed by atoms with Crippen LogP contribution in [0.2, 0.25) is 0 Å². The number of rotatable bonds is 14. The zero-order valence-electron chi connectivity index (χ0n) is 23.4. The van der Waals surface area contributed by atoms with Gasteiger partial charge < -0.3 is 20.7 Å². The Morgan fingerprint density at radius 2 is 1.73 bits per heavy atom. The van der Waals surface area contributed by atoms with Crippen molar-refractivity contribution >= 4 is 46.9 Å². The summed E-state index contributed by atoms with van der Waals surface area (Å²) in [5.41, 5.74) is 3.70. The highest BCUT2D eigenvalue weighted by atomic mass is 35.5. The van der Waals surface area contributed by atoms with E-state index >= 15 is 0 Å². The number of ether oxygens (including phenoxy) is 1. The van der Waals surface area contributed by atoms with Crippen molar-refractivity contribution in [2.75, 3.05) is 43.9 Å². The van der Waals surface area contributed by atoms with Crippen molar-refractivity contribution in [3.8, 4) is 5.75 Å². The number of likely N-dealkylation sites (tertiary alicyclic amines) is 1. The molecule has 0 radical (unpaired) electrons. The SMILES string of the molecule is COc1ccc2c(NC3CCN(Cc4ccccc4)CC3)nc(NCCNC(=O)CCCCC(=O)NO)nc2c1.Cl. The number of hydroxylamine groups is 1. The maximum Gasteiger partial charge on any atom is 0.243 e. The van der Waals surface area contributed by atoms with Crippen molar-refractivity contribution < 1.29 is 19.5 Å². The van der Waals surface area contributed by atoms with E-state index in [9.17, 15) is 9.59 Å². The molecule has 0 spiro atoms. The number of piperidine rings is 1. The summed E-state index contributed by atoms with van der Waals surface area (Å²) in [5.74, 6) is 1.46. The summed E-state index contributed by atoms with van der Waals surface area (Å²) in [5, 5.41) is 19.2. The van der Waals surface area contributed by atoms with Crippen molar-refractivity contribution in [1.82, 2.24) is 25.7 Å². The lowest BCUT2D eigenvalue weighted by atomic mass is 10.0. The number of nitrogens with one attached hydrogen (secondary N) is 4. The minimum Gasteiger partial charge on any atom is -0.497 e. The van der Waals surface area contributed by atoms with E-state index in [4.69, 9.17) is 14.9 Å². The number of anilines is 2. The number of hydrogen-bond acceptors (Lipinski definition) is 9. The number of halogens is 1. The fourth-order valence-electron chi connectivity index (χ4n) is 4.79. The fraction of sp³-hybridized carbons (Fsp3) is 0.448. The highest BCUT2D eigenvalue weighted by Gasteiger charge is 2.21. The molecule has 0 aliphatic carbocycles. The standard InChI is InChI=1S/C29H39N7O4.ClH/c1-40-23-11-12-24-25(19-23)33-29(31-16-15-30-26(37)9-5-6-10-27(38)35-39)34-28(24)32-22-13-17-36(18-14-22)20-21-7-3-2-4-8-21;/h2-4,7-8,11-12,19,22,39H,5-6,9-10,13-18,20H2,1H3,(H,30,37)(H,35,38)(H2,31,32,33,34);1H. The Labute approximate surface area is 246 Å². The predicted molar refractivity (Wildman–Crippen MR) is 162 cm³/mol. The minimum absolute atomic E-state index is 0. The summed E-state index contributed by atoms with van der Waals surface area (Å²) in [6.45, 7) is 3.88. The molecule has 0 unspecified atom stereocenters. The first-order valence-corrected chi connectivity index (χ1v) is 13.9. The number of methoxy groups -OCH3 is 1. The molecular weight excluding hydrogens is 546 g/mol. The van der Waals surface area contributed by atoms with Crippen LogP contribution < -0.4 is 26.2 Å². The number of hydrogen-bond donors (Lipinski definition) is 5. The first-order chi connectivity index (χ1) is 19.5. The van der Waals surface area contributed by atoms with E-state index < -0.39 is 5.91 Å². The average Bonchev–Trinajstić information content (AvgIpc) is 2.98. The second kappa shape index (κ2) is 16.6. The minimum atomic E-state index is -0.444. The number of aromatic nitrogens is 2. The normalized spacial score (nSPS) is 13.7. The number of fused-ring (bicyclic) bond motifs is 1. The lowest BCUT2D eigenvalue weighted by molar-refractivity contribution is -0.129. The van der Waals surface area contributed by atoms with E-state index in [2.05, 4.69) is 50.1 Å². The highest BCUT2D eigenvalue weighted by molar-refractivity contribution is 5.91. The van der Waals surface area contributed by atoms with Gasteiger partial charge in [-0.3, -0.25) is 19.7 Å². The van der Waals surface area contributed by atoms with Crippen LogP contribution in [0.25, 0.3) is 10.9 Å². The first-order valence-electron chi connectivity index (χ1n) is 13.9. The quantitative estimate of drug-likeness (QED) is 0.109. The van der Waals surface area contributed by atoms with Gasteiger partial charge in [0.05, 0.1) is 12.6 Å². The molecular formula is C29H40ClN7O4. The van der Waals surface area contributed by atoms with Crippen LogP contribution in [0, 0.1) is 0 Å². The molecule has 0 bridgehead atoms. The number of carbonyl (C=O) groups is 2. The summed E-state index contributed by atoms with van der Waals surface area (Å²) >= 11 is 0. The third-order valence-electron chi connectivity index (χ3n) is 6.99. The molecule has 1 saturated heterocycles. The van der Waals surface area contributed by atoms with Gasteiger partial charge in [-0.05, 0) is 43.4 Å². The summed E-state index contributed by atoms with van der Waals surface area (Å²) < 4.78 is 5.41. The molecule has 4 rings (SSSR count). The molecule has 5 N–H and O–H groups in total. The summed E-state index contributed by atoms with van der Waals surface area (Å²) in [7, 11) is 1.63. The van der Waals surface area contributed by atoms with E-state index in [1.807, 2.05) is 24.3 Å². The van der Waals surface area contributed by atoms with Gasteiger partial charge in [-0.15, -0.1) is 12.4 Å². The third-order valence-corrected chi connectivity index (χ3v) is 6.99. The van der Waals surface area contributed by atoms with Gasteiger partial charge in [-0.2, -0.15) is 4.98 Å². The Morgan fingerprint density at radius 3 is 2.44 bits per heavy atom. The topological polar surface area (TPSA) is 141 Å².